The van der Waals surface area contributed by atoms with Gasteiger partial charge < -0.3 is 9.68 Å². The maximum atomic E-state index is 12.8. The van der Waals surface area contributed by atoms with Crippen LogP contribution in [0.15, 0.2) is 58.8 Å². The Hall–Kier alpha value is -3.34. The summed E-state index contributed by atoms with van der Waals surface area (Å²) in [5.74, 6) is 0. The van der Waals surface area contributed by atoms with Crippen molar-refractivity contribution in [3.05, 3.63) is 70.8 Å². The summed E-state index contributed by atoms with van der Waals surface area (Å²) in [5.41, 5.74) is 1.08. The summed E-state index contributed by atoms with van der Waals surface area (Å²) in [6.45, 7) is 1.56. The zero-order valence-electron chi connectivity index (χ0n) is 14.6. The number of nitriles is 1. The molecule has 5 nitrogen and oxygen atoms in total. The second-order valence-corrected chi connectivity index (χ2v) is 5.42. The second kappa shape index (κ2) is 8.85. The molecular formula is C19H16F3N3O2. The van der Waals surface area contributed by atoms with Crippen molar-refractivity contribution < 1.29 is 22.8 Å². The van der Waals surface area contributed by atoms with E-state index in [2.05, 4.69) is 15.1 Å². The number of alkyl halides is 3. The highest BCUT2D eigenvalue weighted by molar-refractivity contribution is 6.12. The zero-order valence-corrected chi connectivity index (χ0v) is 14.6. The minimum Gasteiger partial charge on any atom is -0.398 e. The number of benzene rings is 2. The summed E-state index contributed by atoms with van der Waals surface area (Å²) in [6, 6.07) is 13.7. The van der Waals surface area contributed by atoms with Crippen molar-refractivity contribution in [2.24, 2.45) is 10.3 Å². The molecule has 8 heteroatoms. The van der Waals surface area contributed by atoms with E-state index in [1.165, 1.54) is 19.2 Å². The predicted molar refractivity (Wildman–Crippen MR) is 94.0 cm³/mol. The molecule has 0 aliphatic rings. The van der Waals surface area contributed by atoms with Crippen LogP contribution in [0.5, 0.6) is 0 Å². The Labute approximate surface area is 154 Å². The zero-order chi connectivity index (χ0) is 19.9. The van der Waals surface area contributed by atoms with Crippen molar-refractivity contribution in [3.8, 4) is 6.07 Å². The van der Waals surface area contributed by atoms with Crippen LogP contribution in [0.2, 0.25) is 0 Å². The van der Waals surface area contributed by atoms with E-state index in [4.69, 9.17) is 10.1 Å². The molecule has 0 N–H and O–H groups in total. The molecule has 0 atom stereocenters. The lowest BCUT2D eigenvalue weighted by atomic mass is 10.0. The van der Waals surface area contributed by atoms with Gasteiger partial charge in [-0.05, 0) is 24.6 Å². The fourth-order valence-corrected chi connectivity index (χ4v) is 2.27. The number of oxime groups is 2. The van der Waals surface area contributed by atoms with Crippen LogP contribution in [0, 0.1) is 11.3 Å². The van der Waals surface area contributed by atoms with Gasteiger partial charge in [-0.3, -0.25) is 0 Å². The number of halogens is 3. The smallest absolute Gasteiger partial charge is 0.398 e. The Bertz CT molecular complexity index is 900. The van der Waals surface area contributed by atoms with E-state index >= 15 is 0 Å². The predicted octanol–water partition coefficient (Wildman–Crippen LogP) is 4.52. The molecule has 0 unspecified atom stereocenters. The third-order valence-electron chi connectivity index (χ3n) is 3.59. The normalized spacial score (nSPS) is 12.4. The van der Waals surface area contributed by atoms with Crippen LogP contribution in [0.1, 0.15) is 29.2 Å². The first-order chi connectivity index (χ1) is 12.9. The first-order valence-electron chi connectivity index (χ1n) is 7.80. The van der Waals surface area contributed by atoms with E-state index in [-0.39, 0.29) is 12.3 Å². The Kier molecular flexibility index (Phi) is 6.55. The standard InChI is InChI=1S/C19H16F3N3O2/c1-13(14-7-5-8-16(10-14)19(20,21)22)24-27-12-15-6-3-4-9-17(15)18(11-23)25-26-2/h3-10H,12H2,1-2H3/b24-13?,25-18-. The molecule has 0 saturated heterocycles. The number of hydrogen-bond acceptors (Lipinski definition) is 5. The largest absolute Gasteiger partial charge is 0.416 e. The molecule has 2 aromatic carbocycles. The van der Waals surface area contributed by atoms with E-state index in [1.807, 2.05) is 6.07 Å². The van der Waals surface area contributed by atoms with Crippen LogP contribution in [0.25, 0.3) is 0 Å². The summed E-state index contributed by atoms with van der Waals surface area (Å²) in [4.78, 5) is 9.92. The van der Waals surface area contributed by atoms with Crippen LogP contribution < -0.4 is 0 Å². The van der Waals surface area contributed by atoms with Crippen molar-refractivity contribution in [2.45, 2.75) is 19.7 Å². The van der Waals surface area contributed by atoms with Crippen molar-refractivity contribution >= 4 is 11.4 Å². The van der Waals surface area contributed by atoms with Gasteiger partial charge in [0.15, 0.2) is 5.71 Å². The lowest BCUT2D eigenvalue weighted by molar-refractivity contribution is -0.137. The molecule has 2 rings (SSSR count). The van der Waals surface area contributed by atoms with Crippen molar-refractivity contribution in [3.63, 3.8) is 0 Å². The summed E-state index contributed by atoms with van der Waals surface area (Å²) >= 11 is 0. The second-order valence-electron chi connectivity index (χ2n) is 5.42. The average molecular weight is 375 g/mol. The number of hydrogen-bond donors (Lipinski definition) is 0. The maximum absolute atomic E-state index is 12.8. The van der Waals surface area contributed by atoms with E-state index in [9.17, 15) is 13.2 Å². The Morgan fingerprint density at radius 2 is 1.85 bits per heavy atom. The SMILES string of the molecule is CO/N=C(/C#N)c1ccccc1CON=C(C)c1cccc(C(F)(F)F)c1. The van der Waals surface area contributed by atoms with Gasteiger partial charge in [-0.15, -0.1) is 0 Å². The van der Waals surface area contributed by atoms with Gasteiger partial charge in [0.1, 0.15) is 19.8 Å². The lowest BCUT2D eigenvalue weighted by Crippen LogP contribution is -2.07. The van der Waals surface area contributed by atoms with Gasteiger partial charge in [0.25, 0.3) is 0 Å². The van der Waals surface area contributed by atoms with Gasteiger partial charge in [0, 0.05) is 11.1 Å². The first kappa shape index (κ1) is 20.0. The molecule has 27 heavy (non-hydrogen) atoms. The van der Waals surface area contributed by atoms with Crippen molar-refractivity contribution in [2.75, 3.05) is 7.11 Å². The molecule has 0 heterocycles. The molecule has 0 saturated carbocycles. The van der Waals surface area contributed by atoms with E-state index < -0.39 is 11.7 Å². The van der Waals surface area contributed by atoms with E-state index in [0.717, 1.165) is 12.1 Å². The third-order valence-corrected chi connectivity index (χ3v) is 3.59. The van der Waals surface area contributed by atoms with Crippen LogP contribution in [-0.4, -0.2) is 18.5 Å². The molecule has 0 bridgehead atoms. The van der Waals surface area contributed by atoms with Gasteiger partial charge in [0.2, 0.25) is 0 Å². The average Bonchev–Trinajstić information content (AvgIpc) is 2.66. The maximum Gasteiger partial charge on any atom is 0.416 e. The summed E-state index contributed by atoms with van der Waals surface area (Å²) < 4.78 is 38.4. The van der Waals surface area contributed by atoms with Crippen LogP contribution in [0.4, 0.5) is 13.2 Å². The molecule has 0 fully saturated rings. The third kappa shape index (κ3) is 5.31. The van der Waals surface area contributed by atoms with Crippen molar-refractivity contribution in [1.29, 1.82) is 5.26 Å². The fourth-order valence-electron chi connectivity index (χ4n) is 2.27. The highest BCUT2D eigenvalue weighted by Crippen LogP contribution is 2.29. The van der Waals surface area contributed by atoms with Gasteiger partial charge in [-0.2, -0.15) is 18.4 Å². The minimum absolute atomic E-state index is 0.0108. The van der Waals surface area contributed by atoms with Crippen LogP contribution in [-0.2, 0) is 22.5 Å². The van der Waals surface area contributed by atoms with Gasteiger partial charge in [-0.25, -0.2) is 0 Å². The molecule has 0 amide bonds. The van der Waals surface area contributed by atoms with E-state index in [1.54, 1.807) is 31.2 Å². The monoisotopic (exact) mass is 375 g/mol. The molecule has 2 aromatic rings. The van der Waals surface area contributed by atoms with Gasteiger partial charge in [0.05, 0.1) is 11.3 Å². The van der Waals surface area contributed by atoms with Gasteiger partial charge in [-0.1, -0.05) is 46.7 Å². The van der Waals surface area contributed by atoms with Crippen LogP contribution in [0.3, 0.4) is 0 Å². The molecular weight excluding hydrogens is 359 g/mol. The topological polar surface area (TPSA) is 67.0 Å². The lowest BCUT2D eigenvalue weighted by Gasteiger charge is -2.09. The number of nitrogens with zero attached hydrogens (tertiary/aromatic N) is 3. The molecule has 0 spiro atoms. The molecule has 0 aromatic heterocycles. The van der Waals surface area contributed by atoms with Gasteiger partial charge >= 0.3 is 6.18 Å². The molecule has 140 valence electrons. The van der Waals surface area contributed by atoms with E-state index in [0.29, 0.717) is 22.4 Å². The Morgan fingerprint density at radius 1 is 1.11 bits per heavy atom. The minimum atomic E-state index is -4.43. The quantitative estimate of drug-likeness (QED) is 0.551. The molecule has 0 aliphatic heterocycles. The Balaban J connectivity index is 2.17. The summed E-state index contributed by atoms with van der Waals surface area (Å²) in [6.07, 6.45) is -4.43. The molecule has 0 aliphatic carbocycles. The number of rotatable bonds is 6. The summed E-state index contributed by atoms with van der Waals surface area (Å²) in [7, 11) is 1.33. The fraction of sp³-hybridized carbons (Fsp3) is 0.211. The Morgan fingerprint density at radius 3 is 2.52 bits per heavy atom. The summed E-state index contributed by atoms with van der Waals surface area (Å²) in [5, 5.41) is 16.7. The highest BCUT2D eigenvalue weighted by atomic mass is 19.4. The highest BCUT2D eigenvalue weighted by Gasteiger charge is 2.30. The first-order valence-corrected chi connectivity index (χ1v) is 7.80. The van der Waals surface area contributed by atoms with Crippen molar-refractivity contribution in [1.82, 2.24) is 0 Å². The molecule has 0 radical (unpaired) electrons. The van der Waals surface area contributed by atoms with Crippen LogP contribution >= 0.6 is 0 Å².